The average molecular weight is 370 g/mol. The summed E-state index contributed by atoms with van der Waals surface area (Å²) in [5, 5.41) is 0. The van der Waals surface area contributed by atoms with E-state index in [0.29, 0.717) is 6.54 Å². The van der Waals surface area contributed by atoms with Gasteiger partial charge in [-0.05, 0) is 37.0 Å². The first-order valence-corrected chi connectivity index (χ1v) is 9.27. The Hall–Kier alpha value is -2.58. The Balaban J connectivity index is 1.61. The Labute approximate surface area is 157 Å². The van der Waals surface area contributed by atoms with Crippen molar-refractivity contribution in [2.24, 2.45) is 0 Å². The molecule has 2 unspecified atom stereocenters. The van der Waals surface area contributed by atoms with Crippen molar-refractivity contribution in [1.29, 1.82) is 0 Å². The summed E-state index contributed by atoms with van der Waals surface area (Å²) < 4.78 is 13.3. The molecule has 2 aromatic rings. The number of nitrogen functional groups attached to an aromatic ring is 1. The number of piperidine rings is 1. The second-order valence-corrected chi connectivity index (χ2v) is 7.07. The summed E-state index contributed by atoms with van der Waals surface area (Å²) in [5.41, 5.74) is 14.4. The van der Waals surface area contributed by atoms with Crippen molar-refractivity contribution in [2.45, 2.75) is 31.2 Å². The smallest absolute Gasteiger partial charge is 0.241 e. The van der Waals surface area contributed by atoms with Crippen LogP contribution in [0.1, 0.15) is 30.9 Å². The van der Waals surface area contributed by atoms with E-state index in [-0.39, 0.29) is 29.6 Å². The minimum atomic E-state index is -0.288. The Morgan fingerprint density at radius 3 is 2.81 bits per heavy atom. The maximum atomic E-state index is 13.3. The average Bonchev–Trinajstić information content (AvgIpc) is 3.23. The highest BCUT2D eigenvalue weighted by molar-refractivity contribution is 5.82. The van der Waals surface area contributed by atoms with Crippen LogP contribution in [-0.2, 0) is 4.79 Å². The van der Waals surface area contributed by atoms with Crippen molar-refractivity contribution in [3.63, 3.8) is 0 Å². The number of nitrogens with one attached hydrogen (secondary N) is 2. The SMILES string of the molecule is Nc1ncc(-c2ccc(F)cc2)c(C2CCCN(C(=O)C3CCNN3)C2)n1. The molecule has 2 atom stereocenters. The molecule has 4 N–H and O–H groups in total. The Morgan fingerprint density at radius 2 is 2.07 bits per heavy atom. The molecule has 1 aromatic carbocycles. The van der Waals surface area contributed by atoms with Crippen LogP contribution in [0, 0.1) is 5.82 Å². The molecule has 0 saturated carbocycles. The summed E-state index contributed by atoms with van der Waals surface area (Å²) in [4.78, 5) is 23.3. The highest BCUT2D eigenvalue weighted by Crippen LogP contribution is 2.33. The molecule has 0 aliphatic carbocycles. The quantitative estimate of drug-likeness (QED) is 0.757. The third-order valence-corrected chi connectivity index (χ3v) is 5.24. The normalized spacial score (nSPS) is 22.8. The van der Waals surface area contributed by atoms with Gasteiger partial charge in [-0.1, -0.05) is 12.1 Å². The lowest BCUT2D eigenvalue weighted by molar-refractivity contribution is -0.134. The maximum Gasteiger partial charge on any atom is 0.241 e. The molecule has 2 fully saturated rings. The first-order chi connectivity index (χ1) is 13.1. The molecule has 4 rings (SSSR count). The Bertz CT molecular complexity index is 821. The van der Waals surface area contributed by atoms with E-state index in [1.54, 1.807) is 18.3 Å². The fraction of sp³-hybridized carbons (Fsp3) is 0.421. The van der Waals surface area contributed by atoms with Crippen molar-refractivity contribution in [1.82, 2.24) is 25.7 Å². The van der Waals surface area contributed by atoms with Gasteiger partial charge in [0.05, 0.1) is 5.69 Å². The Kier molecular flexibility index (Phi) is 5.00. The van der Waals surface area contributed by atoms with Gasteiger partial charge in [-0.25, -0.2) is 19.8 Å². The number of benzene rings is 1. The number of nitrogens with zero attached hydrogens (tertiary/aromatic N) is 3. The van der Waals surface area contributed by atoms with E-state index in [0.717, 1.165) is 49.2 Å². The maximum absolute atomic E-state index is 13.3. The number of halogens is 1. The van der Waals surface area contributed by atoms with E-state index in [4.69, 9.17) is 5.73 Å². The second-order valence-electron chi connectivity index (χ2n) is 7.07. The van der Waals surface area contributed by atoms with E-state index in [1.807, 2.05) is 4.90 Å². The standard InChI is InChI=1S/C19H23FN6O/c20-14-5-3-12(4-6-14)15-10-22-19(21)24-17(15)13-2-1-9-26(11-13)18(27)16-7-8-23-25-16/h3-6,10,13,16,23,25H,1-2,7-9,11H2,(H2,21,22,24). The predicted molar refractivity (Wildman–Crippen MR) is 99.9 cm³/mol. The minimum absolute atomic E-state index is 0.0717. The van der Waals surface area contributed by atoms with Gasteiger partial charge in [0.25, 0.3) is 0 Å². The van der Waals surface area contributed by atoms with Crippen molar-refractivity contribution in [3.05, 3.63) is 42.0 Å². The topological polar surface area (TPSA) is 96.2 Å². The summed E-state index contributed by atoms with van der Waals surface area (Å²) in [5.74, 6) is 0.113. The first kappa shape index (κ1) is 17.8. The molecule has 0 bridgehead atoms. The van der Waals surface area contributed by atoms with Crippen LogP contribution in [0.25, 0.3) is 11.1 Å². The number of amides is 1. The fourth-order valence-electron chi connectivity index (χ4n) is 3.86. The molecule has 2 saturated heterocycles. The summed E-state index contributed by atoms with van der Waals surface area (Å²) in [7, 11) is 0. The van der Waals surface area contributed by atoms with Crippen LogP contribution < -0.4 is 16.6 Å². The molecule has 8 heteroatoms. The van der Waals surface area contributed by atoms with Gasteiger partial charge >= 0.3 is 0 Å². The molecule has 1 amide bonds. The molecule has 142 valence electrons. The van der Waals surface area contributed by atoms with Crippen molar-refractivity contribution in [3.8, 4) is 11.1 Å². The zero-order valence-electron chi connectivity index (χ0n) is 15.0. The van der Waals surface area contributed by atoms with E-state index in [9.17, 15) is 9.18 Å². The van der Waals surface area contributed by atoms with Crippen LogP contribution in [0.5, 0.6) is 0 Å². The molecule has 1 aromatic heterocycles. The summed E-state index contributed by atoms with van der Waals surface area (Å²) >= 11 is 0. The summed E-state index contributed by atoms with van der Waals surface area (Å²) in [6, 6.07) is 6.10. The van der Waals surface area contributed by atoms with Gasteiger partial charge in [-0.3, -0.25) is 10.2 Å². The van der Waals surface area contributed by atoms with Gasteiger partial charge in [0.1, 0.15) is 11.9 Å². The zero-order chi connectivity index (χ0) is 18.8. The van der Waals surface area contributed by atoms with Gasteiger partial charge in [0.2, 0.25) is 11.9 Å². The number of aromatic nitrogens is 2. The molecule has 0 radical (unpaired) electrons. The molecule has 2 aliphatic rings. The third kappa shape index (κ3) is 3.77. The molecule has 0 spiro atoms. The van der Waals surface area contributed by atoms with Crippen molar-refractivity contribution < 1.29 is 9.18 Å². The molecule has 3 heterocycles. The van der Waals surface area contributed by atoms with Gasteiger partial charge in [-0.2, -0.15) is 0 Å². The number of hydrogen-bond acceptors (Lipinski definition) is 6. The molecular weight excluding hydrogens is 347 g/mol. The number of hydrogen-bond donors (Lipinski definition) is 3. The van der Waals surface area contributed by atoms with Crippen LogP contribution >= 0.6 is 0 Å². The fourth-order valence-corrected chi connectivity index (χ4v) is 3.86. The minimum Gasteiger partial charge on any atom is -0.368 e. The molecule has 27 heavy (non-hydrogen) atoms. The van der Waals surface area contributed by atoms with Crippen molar-refractivity contribution >= 4 is 11.9 Å². The van der Waals surface area contributed by atoms with Crippen LogP contribution in [0.4, 0.5) is 10.3 Å². The third-order valence-electron chi connectivity index (χ3n) is 5.24. The number of likely N-dealkylation sites (tertiary alicyclic amines) is 1. The van der Waals surface area contributed by atoms with E-state index in [1.165, 1.54) is 12.1 Å². The highest BCUT2D eigenvalue weighted by atomic mass is 19.1. The van der Waals surface area contributed by atoms with Gasteiger partial charge in [-0.15, -0.1) is 0 Å². The number of rotatable bonds is 3. The number of hydrazine groups is 1. The van der Waals surface area contributed by atoms with Crippen molar-refractivity contribution in [2.75, 3.05) is 25.4 Å². The number of anilines is 1. The molecule has 7 nitrogen and oxygen atoms in total. The van der Waals surface area contributed by atoms with E-state index < -0.39 is 0 Å². The van der Waals surface area contributed by atoms with Crippen LogP contribution in [0.15, 0.2) is 30.5 Å². The van der Waals surface area contributed by atoms with Crippen LogP contribution in [0.2, 0.25) is 0 Å². The number of carbonyl (C=O) groups excluding carboxylic acids is 1. The summed E-state index contributed by atoms with van der Waals surface area (Å²) in [6.45, 7) is 2.15. The van der Waals surface area contributed by atoms with Crippen LogP contribution in [-0.4, -0.2) is 46.5 Å². The first-order valence-electron chi connectivity index (χ1n) is 9.27. The molecular formula is C19H23FN6O. The lowest BCUT2D eigenvalue weighted by Crippen LogP contribution is -2.48. The lowest BCUT2D eigenvalue weighted by atomic mass is 9.89. The van der Waals surface area contributed by atoms with Crippen LogP contribution in [0.3, 0.4) is 0 Å². The lowest BCUT2D eigenvalue weighted by Gasteiger charge is -2.34. The predicted octanol–water partition coefficient (Wildman–Crippen LogP) is 1.44. The van der Waals surface area contributed by atoms with E-state index in [2.05, 4.69) is 20.8 Å². The highest BCUT2D eigenvalue weighted by Gasteiger charge is 2.32. The number of nitrogens with two attached hydrogens (primary N) is 1. The summed E-state index contributed by atoms with van der Waals surface area (Å²) in [6.07, 6.45) is 4.31. The Morgan fingerprint density at radius 1 is 1.26 bits per heavy atom. The van der Waals surface area contributed by atoms with Gasteiger partial charge < -0.3 is 10.6 Å². The molecule has 2 aliphatic heterocycles. The second kappa shape index (κ2) is 7.58. The van der Waals surface area contributed by atoms with Gasteiger partial charge in [0, 0.05) is 37.3 Å². The van der Waals surface area contributed by atoms with E-state index >= 15 is 0 Å². The van der Waals surface area contributed by atoms with Gasteiger partial charge in [0.15, 0.2) is 0 Å². The largest absolute Gasteiger partial charge is 0.368 e. The zero-order valence-corrected chi connectivity index (χ0v) is 15.0. The number of carbonyl (C=O) groups is 1. The monoisotopic (exact) mass is 370 g/mol.